The molecule has 2 aromatic carbocycles. The average Bonchev–Trinajstić information content (AvgIpc) is 3.00. The molecular weight excluding hydrogens is 346 g/mol. The molecule has 0 amide bonds. The van der Waals surface area contributed by atoms with Crippen LogP contribution in [0.4, 0.5) is 0 Å². The van der Waals surface area contributed by atoms with Crippen LogP contribution in [0.15, 0.2) is 60.8 Å². The van der Waals surface area contributed by atoms with E-state index < -0.39 is 0 Å². The van der Waals surface area contributed by atoms with E-state index in [1.807, 2.05) is 24.7 Å². The van der Waals surface area contributed by atoms with E-state index in [1.54, 1.807) is 0 Å². The summed E-state index contributed by atoms with van der Waals surface area (Å²) in [7, 11) is 1.90. The summed E-state index contributed by atoms with van der Waals surface area (Å²) < 4.78 is 7.19. The van der Waals surface area contributed by atoms with Crippen molar-refractivity contribution in [1.29, 1.82) is 0 Å². The minimum absolute atomic E-state index is 0.283. The van der Waals surface area contributed by atoms with Crippen LogP contribution >= 0.6 is 0 Å². The Kier molecular flexibility index (Phi) is 6.15. The lowest BCUT2D eigenvalue weighted by atomic mass is 9.98. The molecule has 0 saturated carbocycles. The predicted octanol–water partition coefficient (Wildman–Crippen LogP) is 5.74. The van der Waals surface area contributed by atoms with Crippen molar-refractivity contribution in [2.45, 2.75) is 27.2 Å². The molecule has 0 aliphatic heterocycles. The molecule has 0 radical (unpaired) electrons. The van der Waals surface area contributed by atoms with Gasteiger partial charge in [0.25, 0.3) is 0 Å². The molecule has 0 unspecified atom stereocenters. The van der Waals surface area contributed by atoms with E-state index in [9.17, 15) is 4.79 Å². The fraction of sp³-hybridized carbons (Fsp3) is 0.240. The van der Waals surface area contributed by atoms with E-state index in [-0.39, 0.29) is 5.97 Å². The molecule has 1 heterocycles. The normalized spacial score (nSPS) is 11.1. The molecule has 3 rings (SSSR count). The minimum Gasteiger partial charge on any atom is -0.461 e. The molecule has 3 aromatic rings. The summed E-state index contributed by atoms with van der Waals surface area (Å²) in [5, 5.41) is 0. The van der Waals surface area contributed by atoms with Crippen LogP contribution in [0.2, 0.25) is 0 Å². The molecule has 1 aromatic heterocycles. The number of allylic oxidation sites excluding steroid dienone is 1. The van der Waals surface area contributed by atoms with Crippen LogP contribution in [0, 0.1) is 13.8 Å². The third kappa shape index (κ3) is 4.42. The number of ether oxygens (including phenoxy) is 1. The van der Waals surface area contributed by atoms with Crippen molar-refractivity contribution >= 4 is 12.0 Å². The summed E-state index contributed by atoms with van der Waals surface area (Å²) in [5.74, 6) is -0.283. The molecule has 28 heavy (non-hydrogen) atoms. The van der Waals surface area contributed by atoms with E-state index >= 15 is 0 Å². The Labute approximate surface area is 167 Å². The van der Waals surface area contributed by atoms with Gasteiger partial charge in [-0.3, -0.25) is 0 Å². The highest BCUT2D eigenvalue weighted by molar-refractivity contribution is 5.97. The maximum Gasteiger partial charge on any atom is 0.355 e. The van der Waals surface area contributed by atoms with Crippen molar-refractivity contribution in [2.24, 2.45) is 7.05 Å². The number of hydrogen-bond donors (Lipinski definition) is 0. The Morgan fingerprint density at radius 1 is 1.00 bits per heavy atom. The van der Waals surface area contributed by atoms with Crippen molar-refractivity contribution < 1.29 is 9.53 Å². The fourth-order valence-electron chi connectivity index (χ4n) is 3.33. The number of esters is 1. The summed E-state index contributed by atoms with van der Waals surface area (Å²) in [4.78, 5) is 12.6. The lowest BCUT2D eigenvalue weighted by Gasteiger charge is -2.09. The zero-order valence-electron chi connectivity index (χ0n) is 17.0. The lowest BCUT2D eigenvalue weighted by molar-refractivity contribution is 0.0516. The molecule has 0 spiro atoms. The maximum atomic E-state index is 12.6. The zero-order valence-corrected chi connectivity index (χ0v) is 17.0. The number of aromatic nitrogens is 1. The van der Waals surface area contributed by atoms with Crippen LogP contribution in [0.3, 0.4) is 0 Å². The Balaban J connectivity index is 1.97. The highest BCUT2D eigenvalue weighted by Crippen LogP contribution is 2.31. The van der Waals surface area contributed by atoms with Gasteiger partial charge in [0.15, 0.2) is 0 Å². The molecule has 0 atom stereocenters. The van der Waals surface area contributed by atoms with Gasteiger partial charge >= 0.3 is 5.97 Å². The molecule has 3 heteroatoms. The smallest absolute Gasteiger partial charge is 0.355 e. The monoisotopic (exact) mass is 373 g/mol. The Bertz CT molecular complexity index is 977. The van der Waals surface area contributed by atoms with Gasteiger partial charge in [-0.05, 0) is 43.9 Å². The molecule has 0 N–H and O–H groups in total. The second-order valence-corrected chi connectivity index (χ2v) is 7.09. The topological polar surface area (TPSA) is 31.2 Å². The first-order chi connectivity index (χ1) is 13.5. The van der Waals surface area contributed by atoms with Gasteiger partial charge in [0.05, 0.1) is 6.61 Å². The minimum atomic E-state index is -0.283. The SMILES string of the molecule is CCOC(=O)c1c(-c2ccc(C)cc2)c(C/C=C/c2ccc(C)cc2)cn1C. The first kappa shape index (κ1) is 19.7. The van der Waals surface area contributed by atoms with Crippen LogP contribution < -0.4 is 0 Å². The number of rotatable bonds is 6. The molecule has 3 nitrogen and oxygen atoms in total. The summed E-state index contributed by atoms with van der Waals surface area (Å²) in [6.07, 6.45) is 7.03. The van der Waals surface area contributed by atoms with Gasteiger partial charge in [-0.1, -0.05) is 71.8 Å². The highest BCUT2D eigenvalue weighted by atomic mass is 16.5. The van der Waals surface area contributed by atoms with Crippen molar-refractivity contribution in [3.05, 3.63) is 88.8 Å². The van der Waals surface area contributed by atoms with Gasteiger partial charge < -0.3 is 9.30 Å². The van der Waals surface area contributed by atoms with Crippen molar-refractivity contribution in [2.75, 3.05) is 6.61 Å². The van der Waals surface area contributed by atoms with Crippen LogP contribution in [0.25, 0.3) is 17.2 Å². The summed E-state index contributed by atoms with van der Waals surface area (Å²) in [6, 6.07) is 16.7. The van der Waals surface area contributed by atoms with Crippen LogP contribution in [0.5, 0.6) is 0 Å². The van der Waals surface area contributed by atoms with Crippen LogP contribution in [-0.4, -0.2) is 17.1 Å². The molecule has 0 aliphatic rings. The molecular formula is C25H27NO2. The van der Waals surface area contributed by atoms with Gasteiger partial charge in [0, 0.05) is 18.8 Å². The van der Waals surface area contributed by atoms with Gasteiger partial charge in [-0.2, -0.15) is 0 Å². The summed E-state index contributed by atoms with van der Waals surface area (Å²) >= 11 is 0. The number of benzene rings is 2. The van der Waals surface area contributed by atoms with E-state index in [0.717, 1.165) is 23.1 Å². The Morgan fingerprint density at radius 3 is 2.21 bits per heavy atom. The Morgan fingerprint density at radius 2 is 1.61 bits per heavy atom. The zero-order chi connectivity index (χ0) is 20.1. The molecule has 144 valence electrons. The van der Waals surface area contributed by atoms with E-state index in [2.05, 4.69) is 74.5 Å². The van der Waals surface area contributed by atoms with E-state index in [1.165, 1.54) is 16.7 Å². The molecule has 0 aliphatic carbocycles. The number of nitrogens with zero attached hydrogens (tertiary/aromatic N) is 1. The van der Waals surface area contributed by atoms with Crippen molar-refractivity contribution in [3.63, 3.8) is 0 Å². The Hall–Kier alpha value is -3.07. The number of carbonyl (C=O) groups excluding carboxylic acids is 1. The van der Waals surface area contributed by atoms with Gasteiger partial charge in [0.1, 0.15) is 5.69 Å². The predicted molar refractivity (Wildman–Crippen MR) is 115 cm³/mol. The average molecular weight is 373 g/mol. The van der Waals surface area contributed by atoms with Gasteiger partial charge in [-0.25, -0.2) is 4.79 Å². The van der Waals surface area contributed by atoms with Gasteiger partial charge in [-0.15, -0.1) is 0 Å². The quantitative estimate of drug-likeness (QED) is 0.516. The third-order valence-electron chi connectivity index (χ3n) is 4.79. The second kappa shape index (κ2) is 8.75. The van der Waals surface area contributed by atoms with E-state index in [4.69, 9.17) is 4.74 Å². The van der Waals surface area contributed by atoms with Crippen molar-refractivity contribution in [1.82, 2.24) is 4.57 Å². The lowest BCUT2D eigenvalue weighted by Crippen LogP contribution is -2.10. The first-order valence-corrected chi connectivity index (χ1v) is 9.65. The molecule has 0 saturated heterocycles. The first-order valence-electron chi connectivity index (χ1n) is 9.65. The highest BCUT2D eigenvalue weighted by Gasteiger charge is 2.22. The maximum absolute atomic E-state index is 12.6. The third-order valence-corrected chi connectivity index (χ3v) is 4.79. The van der Waals surface area contributed by atoms with Gasteiger partial charge in [0.2, 0.25) is 0 Å². The van der Waals surface area contributed by atoms with E-state index in [0.29, 0.717) is 12.3 Å². The molecule has 0 bridgehead atoms. The fourth-order valence-corrected chi connectivity index (χ4v) is 3.33. The number of aryl methyl sites for hydroxylation is 3. The molecule has 0 fully saturated rings. The summed E-state index contributed by atoms with van der Waals surface area (Å²) in [5.41, 5.74) is 7.31. The van der Waals surface area contributed by atoms with Crippen molar-refractivity contribution in [3.8, 4) is 11.1 Å². The second-order valence-electron chi connectivity index (χ2n) is 7.09. The van der Waals surface area contributed by atoms with Crippen LogP contribution in [-0.2, 0) is 18.2 Å². The summed E-state index contributed by atoms with van der Waals surface area (Å²) in [6.45, 7) is 6.34. The number of hydrogen-bond acceptors (Lipinski definition) is 2. The largest absolute Gasteiger partial charge is 0.461 e. The number of carbonyl (C=O) groups is 1. The standard InChI is InChI=1S/C25H27NO2/c1-5-28-25(27)24-23(21-15-11-19(3)12-16-21)22(17-26(24)4)8-6-7-20-13-9-18(2)10-14-20/h6-7,9-17H,5,8H2,1-4H3/b7-6+. The van der Waals surface area contributed by atoms with Crippen LogP contribution in [0.1, 0.15) is 39.7 Å².